The third kappa shape index (κ3) is 5.72. The van der Waals surface area contributed by atoms with Crippen molar-refractivity contribution in [3.05, 3.63) is 28.1 Å². The van der Waals surface area contributed by atoms with Crippen LogP contribution >= 0.6 is 27.5 Å². The van der Waals surface area contributed by atoms with Crippen molar-refractivity contribution in [1.82, 2.24) is 15.0 Å². The van der Waals surface area contributed by atoms with Gasteiger partial charge in [-0.2, -0.15) is 9.64 Å². The minimum absolute atomic E-state index is 0.000536. The van der Waals surface area contributed by atoms with E-state index in [0.717, 1.165) is 41.8 Å². The van der Waals surface area contributed by atoms with Crippen LogP contribution in [0.2, 0.25) is 0 Å². The van der Waals surface area contributed by atoms with Gasteiger partial charge in [0.1, 0.15) is 18.4 Å². The molecule has 0 bridgehead atoms. The second kappa shape index (κ2) is 10.8. The third-order valence-electron chi connectivity index (χ3n) is 4.96. The molecule has 30 heavy (non-hydrogen) atoms. The maximum Gasteiger partial charge on any atom is 0.243 e. The summed E-state index contributed by atoms with van der Waals surface area (Å²) in [5.74, 6) is 0.837. The number of rotatable bonds is 8. The molecule has 1 aromatic carbocycles. The Kier molecular flexibility index (Phi) is 8.08. The first kappa shape index (κ1) is 22.5. The molecule has 0 aliphatic carbocycles. The Labute approximate surface area is 190 Å². The maximum atomic E-state index is 12.5. The van der Waals surface area contributed by atoms with Crippen molar-refractivity contribution in [2.45, 2.75) is 26.3 Å². The number of carbonyl (C=O) groups is 1. The van der Waals surface area contributed by atoms with E-state index in [4.69, 9.17) is 5.26 Å². The normalized spacial score (nSPS) is 15.0. The number of benzene rings is 1. The highest BCUT2D eigenvalue weighted by atomic mass is 79.9. The Bertz CT molecular complexity index is 903. The van der Waals surface area contributed by atoms with Crippen LogP contribution < -0.4 is 20.9 Å². The highest BCUT2D eigenvalue weighted by molar-refractivity contribution is 9.10. The lowest BCUT2D eigenvalue weighted by molar-refractivity contribution is -0.121. The first-order valence-corrected chi connectivity index (χ1v) is 11.7. The molecule has 2 heterocycles. The van der Waals surface area contributed by atoms with E-state index < -0.39 is 6.04 Å². The lowest BCUT2D eigenvalue weighted by Gasteiger charge is -2.30. The van der Waals surface area contributed by atoms with E-state index in [1.54, 1.807) is 0 Å². The van der Waals surface area contributed by atoms with Gasteiger partial charge in [0.2, 0.25) is 5.91 Å². The molecule has 7 nitrogen and oxygen atoms in total. The fourth-order valence-electron chi connectivity index (χ4n) is 3.50. The van der Waals surface area contributed by atoms with Gasteiger partial charge in [-0.25, -0.2) is 0 Å². The van der Waals surface area contributed by atoms with Gasteiger partial charge in [0, 0.05) is 41.6 Å². The van der Waals surface area contributed by atoms with Crippen LogP contribution in [-0.2, 0) is 4.79 Å². The zero-order valence-corrected chi connectivity index (χ0v) is 19.6. The fraction of sp³-hybridized carbons (Fsp3) is 0.476. The van der Waals surface area contributed by atoms with E-state index in [-0.39, 0.29) is 12.5 Å². The average molecular weight is 491 g/mol. The molecule has 2 aromatic rings. The summed E-state index contributed by atoms with van der Waals surface area (Å²) in [6.07, 6.45) is 0.653. The van der Waals surface area contributed by atoms with Gasteiger partial charge in [0.15, 0.2) is 0 Å². The minimum Gasteiger partial charge on any atom is -0.368 e. The first-order valence-electron chi connectivity index (χ1n) is 10.1. The summed E-state index contributed by atoms with van der Waals surface area (Å²) < 4.78 is 5.54. The molecule has 1 fully saturated rings. The number of nitrogens with zero attached hydrogens (tertiary/aromatic N) is 3. The fourth-order valence-corrected chi connectivity index (χ4v) is 4.79. The third-order valence-corrected chi connectivity index (χ3v) is 6.23. The number of nitrogens with one attached hydrogen (secondary N) is 3. The van der Waals surface area contributed by atoms with Gasteiger partial charge in [-0.3, -0.25) is 4.79 Å². The molecular formula is C21H27BrN6OS. The van der Waals surface area contributed by atoms with Crippen molar-refractivity contribution < 1.29 is 4.79 Å². The van der Waals surface area contributed by atoms with Crippen molar-refractivity contribution in [1.29, 1.82) is 5.26 Å². The van der Waals surface area contributed by atoms with Crippen molar-refractivity contribution in [2.75, 3.05) is 42.9 Å². The number of hydrogen-bond acceptors (Lipinski definition) is 7. The lowest BCUT2D eigenvalue weighted by Crippen LogP contribution is -2.43. The number of anilines is 2. The van der Waals surface area contributed by atoms with Gasteiger partial charge in [0.05, 0.1) is 11.8 Å². The Morgan fingerprint density at radius 1 is 1.40 bits per heavy atom. The summed E-state index contributed by atoms with van der Waals surface area (Å²) in [5.41, 5.74) is 3.19. The van der Waals surface area contributed by atoms with E-state index >= 15 is 0 Å². The molecule has 1 aromatic heterocycles. The number of piperazine rings is 1. The Balaban J connectivity index is 1.80. The largest absolute Gasteiger partial charge is 0.368 e. The molecule has 3 N–H and O–H groups in total. The molecular weight excluding hydrogens is 464 g/mol. The zero-order valence-electron chi connectivity index (χ0n) is 17.2. The van der Waals surface area contributed by atoms with Crippen molar-refractivity contribution >= 4 is 44.9 Å². The molecule has 3 rings (SSSR count). The van der Waals surface area contributed by atoms with Gasteiger partial charge >= 0.3 is 0 Å². The molecule has 0 saturated carbocycles. The average Bonchev–Trinajstić information content (AvgIpc) is 3.20. The molecule has 1 aliphatic heterocycles. The molecule has 1 amide bonds. The van der Waals surface area contributed by atoms with E-state index in [0.29, 0.717) is 18.2 Å². The van der Waals surface area contributed by atoms with Crippen molar-refractivity contribution in [2.24, 2.45) is 5.92 Å². The Hall–Kier alpha value is -2.15. The van der Waals surface area contributed by atoms with Crippen LogP contribution in [0.3, 0.4) is 0 Å². The molecule has 1 saturated heterocycles. The number of amides is 1. The Morgan fingerprint density at radius 2 is 2.17 bits per heavy atom. The highest BCUT2D eigenvalue weighted by Gasteiger charge is 2.22. The molecule has 1 atom stereocenters. The van der Waals surface area contributed by atoms with E-state index in [1.807, 2.05) is 11.4 Å². The number of aromatic nitrogens is 1. The molecule has 160 valence electrons. The predicted molar refractivity (Wildman–Crippen MR) is 126 cm³/mol. The standard InChI is InChI=1S/C21H27BrN6OS/c1-14(2)11-18(21(29)25-6-5-23)26-20-16(13-30-27-20)15-3-4-19(17(22)12-15)28-9-7-24-8-10-28/h3-4,12-14,18,24H,6-11H2,1-2H3,(H,25,29)(H,26,27)/t18-/m0/s1. The number of carbonyl (C=O) groups excluding carboxylic acids is 1. The van der Waals surface area contributed by atoms with Gasteiger partial charge in [-0.15, -0.1) is 0 Å². The molecule has 0 unspecified atom stereocenters. The molecule has 1 aliphatic rings. The highest BCUT2D eigenvalue weighted by Crippen LogP contribution is 2.35. The van der Waals surface area contributed by atoms with Crippen LogP contribution in [0, 0.1) is 17.2 Å². The van der Waals surface area contributed by atoms with Gasteiger partial charge in [0.25, 0.3) is 0 Å². The summed E-state index contributed by atoms with van der Waals surface area (Å²) >= 11 is 5.09. The van der Waals surface area contributed by atoms with Crippen molar-refractivity contribution in [3.63, 3.8) is 0 Å². The van der Waals surface area contributed by atoms with Crippen molar-refractivity contribution in [3.8, 4) is 17.2 Å². The zero-order chi connectivity index (χ0) is 21.5. The molecule has 9 heteroatoms. The van der Waals surface area contributed by atoms with E-state index in [2.05, 4.69) is 73.2 Å². The first-order chi connectivity index (χ1) is 14.5. The van der Waals surface area contributed by atoms with Crippen LogP contribution in [0.4, 0.5) is 11.5 Å². The topological polar surface area (TPSA) is 93.1 Å². The Morgan fingerprint density at radius 3 is 2.83 bits per heavy atom. The summed E-state index contributed by atoms with van der Waals surface area (Å²) in [4.78, 5) is 14.9. The lowest BCUT2D eigenvalue weighted by atomic mass is 10.0. The maximum absolute atomic E-state index is 12.5. The second-order valence-corrected chi connectivity index (χ2v) is 9.17. The predicted octanol–water partition coefficient (Wildman–Crippen LogP) is 3.45. The molecule has 0 radical (unpaired) electrons. The number of halogens is 1. The number of nitriles is 1. The van der Waals surface area contributed by atoms with Crippen LogP contribution in [0.15, 0.2) is 28.1 Å². The summed E-state index contributed by atoms with van der Waals surface area (Å²) in [6.45, 7) is 8.09. The van der Waals surface area contributed by atoms with Gasteiger partial charge in [-0.05, 0) is 57.5 Å². The second-order valence-electron chi connectivity index (χ2n) is 7.68. The summed E-state index contributed by atoms with van der Waals surface area (Å²) in [6, 6.07) is 7.86. The van der Waals surface area contributed by atoms with E-state index in [1.165, 1.54) is 17.2 Å². The quantitative estimate of drug-likeness (QED) is 0.490. The van der Waals surface area contributed by atoms with Gasteiger partial charge < -0.3 is 20.9 Å². The summed E-state index contributed by atoms with van der Waals surface area (Å²) in [7, 11) is 0. The summed E-state index contributed by atoms with van der Waals surface area (Å²) in [5, 5.41) is 20.1. The van der Waals surface area contributed by atoms with Crippen LogP contribution in [0.5, 0.6) is 0 Å². The SMILES string of the molecule is CC(C)C[C@H](Nc1nscc1-c1ccc(N2CCNCC2)c(Br)c1)C(=O)NCC#N. The smallest absolute Gasteiger partial charge is 0.243 e. The van der Waals surface area contributed by atoms with Crippen LogP contribution in [0.1, 0.15) is 20.3 Å². The monoisotopic (exact) mass is 490 g/mol. The van der Waals surface area contributed by atoms with Crippen LogP contribution in [0.25, 0.3) is 11.1 Å². The number of hydrogen-bond donors (Lipinski definition) is 3. The van der Waals surface area contributed by atoms with Gasteiger partial charge in [-0.1, -0.05) is 19.9 Å². The van der Waals surface area contributed by atoms with E-state index in [9.17, 15) is 4.79 Å². The van der Waals surface area contributed by atoms with Crippen LogP contribution in [-0.4, -0.2) is 49.0 Å². The molecule has 0 spiro atoms. The minimum atomic E-state index is -0.442.